The second kappa shape index (κ2) is 8.35. The van der Waals surface area contributed by atoms with Crippen LogP contribution in [0.1, 0.15) is 11.4 Å². The Labute approximate surface area is 182 Å². The van der Waals surface area contributed by atoms with Crippen LogP contribution < -0.4 is 20.7 Å². The Balaban J connectivity index is 1.70. The molecule has 1 atom stereocenters. The highest BCUT2D eigenvalue weighted by Gasteiger charge is 2.22. The molecule has 0 saturated heterocycles. The number of hydrogen-bond donors (Lipinski definition) is 2. The van der Waals surface area contributed by atoms with Crippen LogP contribution >= 0.6 is 0 Å². The number of aromatic amines is 1. The first-order valence-electron chi connectivity index (χ1n) is 9.96. The van der Waals surface area contributed by atoms with Gasteiger partial charge in [-0.15, -0.1) is 0 Å². The summed E-state index contributed by atoms with van der Waals surface area (Å²) < 4.78 is 15.2. The van der Waals surface area contributed by atoms with Crippen molar-refractivity contribution < 1.29 is 14.6 Å². The fourth-order valence-corrected chi connectivity index (χ4v) is 3.52. The molecule has 4 rings (SSSR count). The molecule has 0 fully saturated rings. The lowest BCUT2D eigenvalue weighted by Gasteiger charge is -2.16. The number of imidazole rings is 1. The summed E-state index contributed by atoms with van der Waals surface area (Å²) in [5.41, 5.74) is 0.765. The second-order valence-corrected chi connectivity index (χ2v) is 7.49. The molecule has 3 aromatic heterocycles. The normalized spacial score (nSPS) is 12.3. The van der Waals surface area contributed by atoms with E-state index in [0.29, 0.717) is 17.4 Å². The fourth-order valence-electron chi connectivity index (χ4n) is 3.52. The Morgan fingerprint density at radius 1 is 1.16 bits per heavy atom. The van der Waals surface area contributed by atoms with Crippen LogP contribution in [0.3, 0.4) is 0 Å². The number of aliphatic hydroxyl groups excluding tert-OH is 1. The summed E-state index contributed by atoms with van der Waals surface area (Å²) in [5.74, 6) is 1.59. The Kier molecular flexibility index (Phi) is 5.57. The number of nitrogens with zero attached hydrogens (tertiary/aromatic N) is 5. The molecule has 0 bridgehead atoms. The third kappa shape index (κ3) is 3.89. The third-order valence-electron chi connectivity index (χ3n) is 5.08. The summed E-state index contributed by atoms with van der Waals surface area (Å²) in [7, 11) is 3.10. The maximum absolute atomic E-state index is 12.6. The van der Waals surface area contributed by atoms with Gasteiger partial charge in [0, 0.05) is 12.7 Å². The average Bonchev–Trinajstić information content (AvgIpc) is 3.30. The van der Waals surface area contributed by atoms with Gasteiger partial charge >= 0.3 is 5.69 Å². The highest BCUT2D eigenvalue weighted by molar-refractivity contribution is 5.72. The molecule has 11 nitrogen and oxygen atoms in total. The Bertz CT molecular complexity index is 1380. The molecule has 1 aromatic carbocycles. The van der Waals surface area contributed by atoms with Crippen LogP contribution in [0.15, 0.2) is 39.9 Å². The van der Waals surface area contributed by atoms with E-state index in [1.54, 1.807) is 40.6 Å². The minimum atomic E-state index is -0.971. The maximum Gasteiger partial charge on any atom is 0.329 e. The Morgan fingerprint density at radius 3 is 2.47 bits per heavy atom. The molecule has 0 aliphatic carbocycles. The summed E-state index contributed by atoms with van der Waals surface area (Å²) in [6, 6.07) is 8.86. The van der Waals surface area contributed by atoms with E-state index < -0.39 is 17.4 Å². The highest BCUT2D eigenvalue weighted by atomic mass is 16.5. The van der Waals surface area contributed by atoms with Gasteiger partial charge in [-0.2, -0.15) is 10.1 Å². The number of methoxy groups -OCH3 is 1. The zero-order valence-electron chi connectivity index (χ0n) is 18.2. The molecule has 0 radical (unpaired) electrons. The highest BCUT2D eigenvalue weighted by Crippen LogP contribution is 2.19. The summed E-state index contributed by atoms with van der Waals surface area (Å²) in [4.78, 5) is 31.5. The minimum absolute atomic E-state index is 0.00161. The van der Waals surface area contributed by atoms with E-state index in [1.165, 1.54) is 11.6 Å². The van der Waals surface area contributed by atoms with Crippen LogP contribution in [-0.4, -0.2) is 53.8 Å². The summed E-state index contributed by atoms with van der Waals surface area (Å²) in [6.07, 6.45) is -0.971. The van der Waals surface area contributed by atoms with Gasteiger partial charge in [0.1, 0.15) is 24.2 Å². The van der Waals surface area contributed by atoms with Crippen molar-refractivity contribution in [1.82, 2.24) is 28.9 Å². The predicted octanol–water partition coefficient (Wildman–Crippen LogP) is 0.674. The van der Waals surface area contributed by atoms with Crippen molar-refractivity contribution in [3.8, 4) is 17.4 Å². The molecule has 11 heteroatoms. The molecule has 168 valence electrons. The Morgan fingerprint density at radius 2 is 1.84 bits per heavy atom. The SMILES string of the molecule is COc1ccc(OC[C@H](O)Cn2c(-n3nc(C)cc3C)nc3c2c(=O)[nH]c(=O)n3C)cc1. The number of ether oxygens (including phenoxy) is 2. The molecule has 32 heavy (non-hydrogen) atoms. The quantitative estimate of drug-likeness (QED) is 0.432. The smallest absolute Gasteiger partial charge is 0.329 e. The van der Waals surface area contributed by atoms with Gasteiger partial charge in [-0.3, -0.25) is 18.9 Å². The molecule has 0 saturated carbocycles. The zero-order chi connectivity index (χ0) is 23.0. The van der Waals surface area contributed by atoms with Gasteiger partial charge in [-0.05, 0) is 44.2 Å². The average molecular weight is 440 g/mol. The number of aryl methyl sites for hydroxylation is 3. The van der Waals surface area contributed by atoms with Crippen LogP contribution in [-0.2, 0) is 13.6 Å². The van der Waals surface area contributed by atoms with E-state index >= 15 is 0 Å². The maximum atomic E-state index is 12.6. The van der Waals surface area contributed by atoms with Crippen LogP contribution in [0.4, 0.5) is 0 Å². The van der Waals surface area contributed by atoms with Crippen molar-refractivity contribution >= 4 is 11.2 Å². The number of aromatic nitrogens is 6. The lowest BCUT2D eigenvalue weighted by molar-refractivity contribution is 0.0932. The standard InChI is InChI=1S/C21H24N6O5/c1-12-9-13(2)27(24-12)20-22-18-17(19(29)23-21(30)25(18)3)26(20)10-14(28)11-32-16-7-5-15(31-4)6-8-16/h5-9,14,28H,10-11H2,1-4H3,(H,23,29,30)/t14-/m1/s1. The predicted molar refractivity (Wildman–Crippen MR) is 117 cm³/mol. The molecule has 2 N–H and O–H groups in total. The molecule has 0 amide bonds. The van der Waals surface area contributed by atoms with Gasteiger partial charge in [0.05, 0.1) is 19.3 Å². The molecule has 0 spiro atoms. The number of aliphatic hydroxyl groups is 1. The first kappa shape index (κ1) is 21.4. The van der Waals surface area contributed by atoms with Crippen LogP contribution in [0.5, 0.6) is 11.5 Å². The third-order valence-corrected chi connectivity index (χ3v) is 5.08. The van der Waals surface area contributed by atoms with Crippen molar-refractivity contribution in [3.63, 3.8) is 0 Å². The number of rotatable bonds is 7. The molecule has 0 aliphatic rings. The number of benzene rings is 1. The molecule has 0 aliphatic heterocycles. The lowest BCUT2D eigenvalue weighted by Crippen LogP contribution is -2.31. The second-order valence-electron chi connectivity index (χ2n) is 7.49. The molecular weight excluding hydrogens is 416 g/mol. The molecule has 3 heterocycles. The van der Waals surface area contributed by atoms with Crippen molar-refractivity contribution in [3.05, 3.63) is 62.6 Å². The fraction of sp³-hybridized carbons (Fsp3) is 0.333. The van der Waals surface area contributed by atoms with Gasteiger partial charge in [-0.1, -0.05) is 0 Å². The Hall–Kier alpha value is -3.86. The van der Waals surface area contributed by atoms with Crippen molar-refractivity contribution in [2.75, 3.05) is 13.7 Å². The van der Waals surface area contributed by atoms with Gasteiger partial charge in [-0.25, -0.2) is 9.48 Å². The summed E-state index contributed by atoms with van der Waals surface area (Å²) >= 11 is 0. The number of nitrogens with one attached hydrogen (secondary N) is 1. The van der Waals surface area contributed by atoms with E-state index in [0.717, 1.165) is 11.4 Å². The summed E-state index contributed by atoms with van der Waals surface area (Å²) in [5, 5.41) is 15.1. The van der Waals surface area contributed by atoms with E-state index in [-0.39, 0.29) is 24.3 Å². The van der Waals surface area contributed by atoms with Gasteiger partial charge in [0.2, 0.25) is 5.95 Å². The van der Waals surface area contributed by atoms with Gasteiger partial charge in [0.15, 0.2) is 11.2 Å². The first-order chi connectivity index (χ1) is 15.3. The van der Waals surface area contributed by atoms with E-state index in [4.69, 9.17) is 9.47 Å². The number of H-pyrrole nitrogens is 1. The van der Waals surface area contributed by atoms with E-state index in [2.05, 4.69) is 15.1 Å². The number of fused-ring (bicyclic) bond motifs is 1. The van der Waals surface area contributed by atoms with Crippen molar-refractivity contribution in [2.24, 2.45) is 7.05 Å². The lowest BCUT2D eigenvalue weighted by atomic mass is 10.3. The van der Waals surface area contributed by atoms with Crippen LogP contribution in [0.2, 0.25) is 0 Å². The van der Waals surface area contributed by atoms with Crippen molar-refractivity contribution in [2.45, 2.75) is 26.5 Å². The molecular formula is C21H24N6O5. The molecule has 4 aromatic rings. The van der Waals surface area contributed by atoms with Gasteiger partial charge < -0.3 is 14.6 Å². The molecule has 0 unspecified atom stereocenters. The van der Waals surface area contributed by atoms with E-state index in [1.807, 2.05) is 19.9 Å². The van der Waals surface area contributed by atoms with Gasteiger partial charge in [0.25, 0.3) is 5.56 Å². The first-order valence-corrected chi connectivity index (χ1v) is 9.96. The number of hydrogen-bond acceptors (Lipinski definition) is 7. The largest absolute Gasteiger partial charge is 0.497 e. The minimum Gasteiger partial charge on any atom is -0.497 e. The van der Waals surface area contributed by atoms with Crippen molar-refractivity contribution in [1.29, 1.82) is 0 Å². The van der Waals surface area contributed by atoms with Crippen LogP contribution in [0.25, 0.3) is 17.1 Å². The van der Waals surface area contributed by atoms with Crippen LogP contribution in [0, 0.1) is 13.8 Å². The zero-order valence-corrected chi connectivity index (χ0v) is 18.2. The monoisotopic (exact) mass is 440 g/mol. The topological polar surface area (TPSA) is 129 Å². The van der Waals surface area contributed by atoms with E-state index in [9.17, 15) is 14.7 Å². The summed E-state index contributed by atoms with van der Waals surface area (Å²) in [6.45, 7) is 3.68.